The molecular formula is C20H26N4O3. The summed E-state index contributed by atoms with van der Waals surface area (Å²) in [5.74, 6) is -0.671. The summed E-state index contributed by atoms with van der Waals surface area (Å²) in [5.41, 5.74) is 1.95. The van der Waals surface area contributed by atoms with Crippen molar-refractivity contribution in [2.45, 2.75) is 32.2 Å². The molecule has 144 valence electrons. The number of piperidine rings is 1. The van der Waals surface area contributed by atoms with E-state index in [1.807, 2.05) is 53.3 Å². The molecule has 0 bridgehead atoms. The monoisotopic (exact) mass is 370 g/mol. The Bertz CT molecular complexity index is 750. The lowest BCUT2D eigenvalue weighted by atomic mass is 10.0. The van der Waals surface area contributed by atoms with Crippen LogP contribution in [0.3, 0.4) is 0 Å². The normalized spacial score (nSPS) is 15.3. The van der Waals surface area contributed by atoms with Crippen LogP contribution in [0.25, 0.3) is 5.69 Å². The highest BCUT2D eigenvalue weighted by atomic mass is 16.4. The summed E-state index contributed by atoms with van der Waals surface area (Å²) in [6.45, 7) is 4.13. The number of likely N-dealkylation sites (N-methyl/N-ethyl adjacent to an activating group) is 1. The standard InChI is InChI=1S/C20H26N4O3/c1-2-22(15-20(26)27)17-8-12-23(13-9-17)19(25)14-16-4-6-18(7-5-16)24-11-3-10-21-24/h3-7,10-11,17H,2,8-9,12-15H2,1H3,(H,26,27). The maximum Gasteiger partial charge on any atom is 0.317 e. The number of carbonyl (C=O) groups excluding carboxylic acids is 1. The van der Waals surface area contributed by atoms with Gasteiger partial charge < -0.3 is 10.0 Å². The summed E-state index contributed by atoms with van der Waals surface area (Å²) in [4.78, 5) is 27.5. The molecular weight excluding hydrogens is 344 g/mol. The number of carboxylic acid groups (broad SMARTS) is 1. The van der Waals surface area contributed by atoms with Crippen LogP contribution in [0.5, 0.6) is 0 Å². The maximum atomic E-state index is 12.6. The number of carboxylic acids is 1. The van der Waals surface area contributed by atoms with Gasteiger partial charge in [-0.3, -0.25) is 14.5 Å². The van der Waals surface area contributed by atoms with E-state index in [2.05, 4.69) is 5.10 Å². The van der Waals surface area contributed by atoms with Gasteiger partial charge in [0.2, 0.25) is 5.91 Å². The van der Waals surface area contributed by atoms with Crippen LogP contribution in [0.2, 0.25) is 0 Å². The maximum absolute atomic E-state index is 12.6. The second-order valence-electron chi connectivity index (χ2n) is 6.86. The second-order valence-corrected chi connectivity index (χ2v) is 6.86. The van der Waals surface area contributed by atoms with Crippen LogP contribution in [-0.2, 0) is 16.0 Å². The Hall–Kier alpha value is -2.67. The minimum absolute atomic E-state index is 0.0672. The van der Waals surface area contributed by atoms with Gasteiger partial charge in [-0.2, -0.15) is 5.10 Å². The molecule has 1 N–H and O–H groups in total. The Labute approximate surface area is 159 Å². The van der Waals surface area contributed by atoms with Gasteiger partial charge in [0.05, 0.1) is 18.7 Å². The summed E-state index contributed by atoms with van der Waals surface area (Å²) in [6.07, 6.45) is 5.65. The van der Waals surface area contributed by atoms with Crippen molar-refractivity contribution in [3.63, 3.8) is 0 Å². The first-order chi connectivity index (χ1) is 13.1. The Morgan fingerprint density at radius 3 is 2.48 bits per heavy atom. The first kappa shape index (κ1) is 19.1. The Morgan fingerprint density at radius 2 is 1.93 bits per heavy atom. The third kappa shape index (κ3) is 4.95. The van der Waals surface area contributed by atoms with Gasteiger partial charge in [-0.25, -0.2) is 4.68 Å². The number of nitrogens with zero attached hydrogens (tertiary/aromatic N) is 4. The average Bonchev–Trinajstić information content (AvgIpc) is 3.21. The molecule has 0 radical (unpaired) electrons. The minimum Gasteiger partial charge on any atom is -0.480 e. The number of aliphatic carboxylic acids is 1. The molecule has 0 atom stereocenters. The zero-order valence-corrected chi connectivity index (χ0v) is 15.6. The van der Waals surface area contributed by atoms with Crippen molar-refractivity contribution >= 4 is 11.9 Å². The van der Waals surface area contributed by atoms with Gasteiger partial charge in [-0.05, 0) is 43.1 Å². The summed E-state index contributed by atoms with van der Waals surface area (Å²) in [5, 5.41) is 13.2. The van der Waals surface area contributed by atoms with E-state index < -0.39 is 5.97 Å². The van der Waals surface area contributed by atoms with Gasteiger partial charge in [0.25, 0.3) is 0 Å². The molecule has 1 aliphatic rings. The lowest BCUT2D eigenvalue weighted by Gasteiger charge is -2.37. The molecule has 3 rings (SSSR count). The molecule has 1 aromatic carbocycles. The van der Waals surface area contributed by atoms with E-state index in [1.54, 1.807) is 10.9 Å². The summed E-state index contributed by atoms with van der Waals surface area (Å²) in [7, 11) is 0. The van der Waals surface area contributed by atoms with Crippen molar-refractivity contribution < 1.29 is 14.7 Å². The van der Waals surface area contributed by atoms with Crippen molar-refractivity contribution in [1.29, 1.82) is 0 Å². The Morgan fingerprint density at radius 1 is 1.22 bits per heavy atom. The van der Waals surface area contributed by atoms with Crippen LogP contribution in [-0.4, -0.2) is 68.8 Å². The summed E-state index contributed by atoms with van der Waals surface area (Å²) >= 11 is 0. The van der Waals surface area contributed by atoms with E-state index in [4.69, 9.17) is 5.11 Å². The SMILES string of the molecule is CCN(CC(=O)O)C1CCN(C(=O)Cc2ccc(-n3cccn3)cc2)CC1. The average molecular weight is 370 g/mol. The number of aromatic nitrogens is 2. The zero-order chi connectivity index (χ0) is 19.2. The largest absolute Gasteiger partial charge is 0.480 e. The van der Waals surface area contributed by atoms with E-state index in [0.717, 1.165) is 24.1 Å². The third-order valence-corrected chi connectivity index (χ3v) is 5.14. The molecule has 7 heteroatoms. The number of benzene rings is 1. The molecule has 1 saturated heterocycles. The summed E-state index contributed by atoms with van der Waals surface area (Å²) < 4.78 is 1.78. The molecule has 27 heavy (non-hydrogen) atoms. The number of carbonyl (C=O) groups is 2. The first-order valence-corrected chi connectivity index (χ1v) is 9.39. The van der Waals surface area contributed by atoms with E-state index in [1.165, 1.54) is 0 Å². The highest BCUT2D eigenvalue weighted by molar-refractivity contribution is 5.79. The number of rotatable bonds is 7. The highest BCUT2D eigenvalue weighted by Crippen LogP contribution is 2.18. The fourth-order valence-corrected chi connectivity index (χ4v) is 3.63. The van der Waals surface area contributed by atoms with E-state index >= 15 is 0 Å². The van der Waals surface area contributed by atoms with Crippen LogP contribution < -0.4 is 0 Å². The smallest absolute Gasteiger partial charge is 0.317 e. The molecule has 1 aliphatic heterocycles. The van der Waals surface area contributed by atoms with Crippen molar-refractivity contribution in [3.8, 4) is 5.69 Å². The van der Waals surface area contributed by atoms with Crippen molar-refractivity contribution in [3.05, 3.63) is 48.3 Å². The molecule has 0 unspecified atom stereocenters. The van der Waals surface area contributed by atoms with Crippen LogP contribution >= 0.6 is 0 Å². The molecule has 7 nitrogen and oxygen atoms in total. The fourth-order valence-electron chi connectivity index (χ4n) is 3.63. The topological polar surface area (TPSA) is 78.7 Å². The Kier molecular flexibility index (Phi) is 6.24. The van der Waals surface area contributed by atoms with Crippen LogP contribution in [0, 0.1) is 0 Å². The van der Waals surface area contributed by atoms with Gasteiger partial charge in [-0.15, -0.1) is 0 Å². The van der Waals surface area contributed by atoms with E-state index in [0.29, 0.717) is 26.1 Å². The molecule has 2 aromatic rings. The number of hydrogen-bond acceptors (Lipinski definition) is 4. The van der Waals surface area contributed by atoms with Crippen molar-refractivity contribution in [1.82, 2.24) is 19.6 Å². The Balaban J connectivity index is 1.51. The summed E-state index contributed by atoms with van der Waals surface area (Å²) in [6, 6.07) is 9.97. The number of amides is 1. The predicted molar refractivity (Wildman–Crippen MR) is 102 cm³/mol. The van der Waals surface area contributed by atoms with Crippen molar-refractivity contribution in [2.75, 3.05) is 26.2 Å². The second kappa shape index (κ2) is 8.81. The number of hydrogen-bond donors (Lipinski definition) is 1. The lowest BCUT2D eigenvalue weighted by Crippen LogP contribution is -2.48. The zero-order valence-electron chi connectivity index (χ0n) is 15.6. The van der Waals surface area contributed by atoms with Gasteiger partial charge in [0, 0.05) is 31.5 Å². The van der Waals surface area contributed by atoms with E-state index in [9.17, 15) is 9.59 Å². The molecule has 2 heterocycles. The highest BCUT2D eigenvalue weighted by Gasteiger charge is 2.27. The van der Waals surface area contributed by atoms with Crippen LogP contribution in [0.1, 0.15) is 25.3 Å². The molecule has 0 spiro atoms. The fraction of sp³-hybridized carbons (Fsp3) is 0.450. The van der Waals surface area contributed by atoms with Gasteiger partial charge in [0.15, 0.2) is 0 Å². The quantitative estimate of drug-likeness (QED) is 0.804. The lowest BCUT2D eigenvalue weighted by molar-refractivity contribution is -0.140. The number of likely N-dealkylation sites (tertiary alicyclic amines) is 1. The predicted octanol–water partition coefficient (Wildman–Crippen LogP) is 1.81. The first-order valence-electron chi connectivity index (χ1n) is 9.39. The van der Waals surface area contributed by atoms with Gasteiger partial charge in [0.1, 0.15) is 0 Å². The molecule has 1 fully saturated rings. The van der Waals surface area contributed by atoms with Crippen molar-refractivity contribution in [2.24, 2.45) is 0 Å². The molecule has 1 amide bonds. The minimum atomic E-state index is -0.797. The molecule has 0 aliphatic carbocycles. The molecule has 1 aromatic heterocycles. The van der Waals surface area contributed by atoms with Crippen LogP contribution in [0.15, 0.2) is 42.7 Å². The molecule has 0 saturated carbocycles. The van der Waals surface area contributed by atoms with E-state index in [-0.39, 0.29) is 18.5 Å². The van der Waals surface area contributed by atoms with Gasteiger partial charge in [-0.1, -0.05) is 19.1 Å². The third-order valence-electron chi connectivity index (χ3n) is 5.14. The van der Waals surface area contributed by atoms with Crippen LogP contribution in [0.4, 0.5) is 0 Å². The van der Waals surface area contributed by atoms with Gasteiger partial charge >= 0.3 is 5.97 Å².